The number of aromatic nitrogens is 3. The second kappa shape index (κ2) is 6.21. The molecular weight excluding hydrogens is 296 g/mol. The molecule has 120 valence electrons. The van der Waals surface area contributed by atoms with Crippen molar-refractivity contribution >= 4 is 22.5 Å². The zero-order valence-corrected chi connectivity index (χ0v) is 12.7. The highest BCUT2D eigenvalue weighted by molar-refractivity contribution is 6.00. The molecule has 2 heterocycles. The largest absolute Gasteiger partial charge is 0.391 e. The molecule has 0 radical (unpaired) electrons. The third-order valence-corrected chi connectivity index (χ3v) is 3.74. The fraction of sp³-hybridized carbons (Fsp3) is 0.312. The van der Waals surface area contributed by atoms with E-state index in [-0.39, 0.29) is 23.6 Å². The van der Waals surface area contributed by atoms with Crippen LogP contribution in [0.15, 0.2) is 35.3 Å². The van der Waals surface area contributed by atoms with Gasteiger partial charge in [0, 0.05) is 6.54 Å². The summed E-state index contributed by atoms with van der Waals surface area (Å²) < 4.78 is 1.54. The van der Waals surface area contributed by atoms with Crippen molar-refractivity contribution in [3.8, 4) is 0 Å². The Hall–Kier alpha value is -2.67. The first-order valence-electron chi connectivity index (χ1n) is 7.57. The van der Waals surface area contributed by atoms with E-state index in [2.05, 4.69) is 15.4 Å². The average molecular weight is 314 g/mol. The van der Waals surface area contributed by atoms with Gasteiger partial charge in [-0.25, -0.2) is 4.52 Å². The molecular formula is C16H18N4O3. The summed E-state index contributed by atoms with van der Waals surface area (Å²) in [5.74, 6) is -0.374. The Labute approximate surface area is 131 Å². The molecule has 7 heteroatoms. The molecule has 0 aliphatic rings. The van der Waals surface area contributed by atoms with Crippen molar-refractivity contribution in [3.63, 3.8) is 0 Å². The summed E-state index contributed by atoms with van der Waals surface area (Å²) in [7, 11) is 0. The van der Waals surface area contributed by atoms with Crippen LogP contribution in [-0.2, 0) is 0 Å². The van der Waals surface area contributed by atoms with Crippen LogP contribution in [0.1, 0.15) is 30.1 Å². The number of aromatic amines is 1. The summed E-state index contributed by atoms with van der Waals surface area (Å²) in [6, 6.07) is 7.06. The Balaban J connectivity index is 1.96. The van der Waals surface area contributed by atoms with Crippen LogP contribution in [0.2, 0.25) is 0 Å². The number of nitrogens with zero attached hydrogens (tertiary/aromatic N) is 2. The van der Waals surface area contributed by atoms with Gasteiger partial charge in [0.05, 0.1) is 23.2 Å². The molecule has 0 bridgehead atoms. The van der Waals surface area contributed by atoms with Gasteiger partial charge in [-0.1, -0.05) is 25.5 Å². The minimum absolute atomic E-state index is 0.168. The van der Waals surface area contributed by atoms with Gasteiger partial charge in [0.25, 0.3) is 11.5 Å². The molecule has 1 atom stereocenters. The van der Waals surface area contributed by atoms with Crippen LogP contribution in [0.5, 0.6) is 0 Å². The standard InChI is InChI=1S/C16H18N4O3/c1-2-5-10(21)8-17-15(22)12-9-18-20-13-7-4-3-6-11(13)16(23)19-14(12)20/h3-4,6-7,9-10,21H,2,5,8H2,1H3,(H,17,22)(H,19,23). The van der Waals surface area contributed by atoms with Crippen LogP contribution < -0.4 is 10.9 Å². The van der Waals surface area contributed by atoms with Crippen LogP contribution in [0.25, 0.3) is 16.6 Å². The van der Waals surface area contributed by atoms with E-state index in [1.54, 1.807) is 18.2 Å². The number of carbonyl (C=O) groups is 1. The fourth-order valence-corrected chi connectivity index (χ4v) is 2.58. The molecule has 1 amide bonds. The molecule has 3 rings (SSSR count). The number of aliphatic hydroxyl groups is 1. The number of hydrogen-bond donors (Lipinski definition) is 3. The smallest absolute Gasteiger partial charge is 0.259 e. The van der Waals surface area contributed by atoms with Crippen LogP contribution in [-0.4, -0.2) is 38.3 Å². The topological polar surface area (TPSA) is 99.5 Å². The van der Waals surface area contributed by atoms with Crippen molar-refractivity contribution in [2.75, 3.05) is 6.54 Å². The Morgan fingerprint density at radius 1 is 1.43 bits per heavy atom. The molecule has 0 spiro atoms. The molecule has 0 saturated carbocycles. The van der Waals surface area contributed by atoms with Crippen LogP contribution in [0.3, 0.4) is 0 Å². The predicted octanol–water partition coefficient (Wildman–Crippen LogP) is 1.07. The first kappa shape index (κ1) is 15.2. The third-order valence-electron chi connectivity index (χ3n) is 3.74. The summed E-state index contributed by atoms with van der Waals surface area (Å²) in [6.07, 6.45) is 2.30. The molecule has 7 nitrogen and oxygen atoms in total. The zero-order chi connectivity index (χ0) is 16.4. The quantitative estimate of drug-likeness (QED) is 0.656. The van der Waals surface area contributed by atoms with E-state index in [1.807, 2.05) is 13.0 Å². The number of H-pyrrole nitrogens is 1. The van der Waals surface area contributed by atoms with Gasteiger partial charge in [0.2, 0.25) is 0 Å². The highest BCUT2D eigenvalue weighted by atomic mass is 16.3. The zero-order valence-electron chi connectivity index (χ0n) is 12.7. The molecule has 1 unspecified atom stereocenters. The van der Waals surface area contributed by atoms with E-state index in [0.29, 0.717) is 23.0 Å². The van der Waals surface area contributed by atoms with Gasteiger partial charge in [-0.2, -0.15) is 5.10 Å². The van der Waals surface area contributed by atoms with Crippen molar-refractivity contribution in [2.24, 2.45) is 0 Å². The van der Waals surface area contributed by atoms with Gasteiger partial charge in [-0.15, -0.1) is 0 Å². The first-order chi connectivity index (χ1) is 11.1. The number of fused-ring (bicyclic) bond motifs is 3. The lowest BCUT2D eigenvalue weighted by atomic mass is 10.2. The number of rotatable bonds is 5. The maximum atomic E-state index is 12.3. The highest BCUT2D eigenvalue weighted by Crippen LogP contribution is 2.14. The Morgan fingerprint density at radius 2 is 2.22 bits per heavy atom. The van der Waals surface area contributed by atoms with Crippen molar-refractivity contribution in [1.82, 2.24) is 19.9 Å². The Morgan fingerprint density at radius 3 is 3.00 bits per heavy atom. The normalized spacial score (nSPS) is 12.6. The maximum Gasteiger partial charge on any atom is 0.259 e. The molecule has 3 N–H and O–H groups in total. The summed E-state index contributed by atoms with van der Waals surface area (Å²) in [5, 5.41) is 17.1. The number of amides is 1. The minimum Gasteiger partial charge on any atom is -0.391 e. The Kier molecular flexibility index (Phi) is 4.12. The van der Waals surface area contributed by atoms with Crippen molar-refractivity contribution in [3.05, 3.63) is 46.4 Å². The van der Waals surface area contributed by atoms with E-state index >= 15 is 0 Å². The lowest BCUT2D eigenvalue weighted by Crippen LogP contribution is -2.32. The lowest BCUT2D eigenvalue weighted by molar-refractivity contribution is 0.0911. The third kappa shape index (κ3) is 2.83. The van der Waals surface area contributed by atoms with E-state index in [9.17, 15) is 14.7 Å². The van der Waals surface area contributed by atoms with Crippen LogP contribution in [0, 0.1) is 0 Å². The SMILES string of the molecule is CCCC(O)CNC(=O)c1cnn2c1[nH]c(=O)c1ccccc12. The molecule has 0 aliphatic carbocycles. The maximum absolute atomic E-state index is 12.3. The van der Waals surface area contributed by atoms with Gasteiger partial charge in [-0.05, 0) is 18.6 Å². The number of carbonyl (C=O) groups excluding carboxylic acids is 1. The van der Waals surface area contributed by atoms with Gasteiger partial charge in [0.15, 0.2) is 0 Å². The predicted molar refractivity (Wildman–Crippen MR) is 86.6 cm³/mol. The number of benzene rings is 1. The average Bonchev–Trinajstić information content (AvgIpc) is 2.97. The lowest BCUT2D eigenvalue weighted by Gasteiger charge is -2.10. The molecule has 0 saturated heterocycles. The summed E-state index contributed by atoms with van der Waals surface area (Å²) in [4.78, 5) is 27.1. The molecule has 3 aromatic rings. The van der Waals surface area contributed by atoms with Crippen LogP contribution in [0.4, 0.5) is 0 Å². The monoisotopic (exact) mass is 314 g/mol. The van der Waals surface area contributed by atoms with E-state index < -0.39 is 6.10 Å². The number of para-hydroxylation sites is 1. The summed E-state index contributed by atoms with van der Waals surface area (Å²) in [5.41, 5.74) is 0.984. The van der Waals surface area contributed by atoms with E-state index in [1.165, 1.54) is 10.7 Å². The number of hydrogen-bond acceptors (Lipinski definition) is 4. The molecule has 1 aromatic carbocycles. The number of aliphatic hydroxyl groups excluding tert-OH is 1. The van der Waals surface area contributed by atoms with Crippen molar-refractivity contribution < 1.29 is 9.90 Å². The van der Waals surface area contributed by atoms with Gasteiger partial charge in [-0.3, -0.25) is 9.59 Å². The molecule has 23 heavy (non-hydrogen) atoms. The van der Waals surface area contributed by atoms with E-state index in [0.717, 1.165) is 6.42 Å². The molecule has 2 aromatic heterocycles. The fourth-order valence-electron chi connectivity index (χ4n) is 2.58. The minimum atomic E-state index is -0.578. The molecule has 0 aliphatic heterocycles. The highest BCUT2D eigenvalue weighted by Gasteiger charge is 2.16. The van der Waals surface area contributed by atoms with E-state index in [4.69, 9.17) is 0 Å². The van der Waals surface area contributed by atoms with Crippen LogP contribution >= 0.6 is 0 Å². The van der Waals surface area contributed by atoms with Crippen molar-refractivity contribution in [2.45, 2.75) is 25.9 Å². The number of nitrogens with one attached hydrogen (secondary N) is 2. The first-order valence-corrected chi connectivity index (χ1v) is 7.57. The summed E-state index contributed by atoms with van der Waals surface area (Å²) >= 11 is 0. The molecule has 0 fully saturated rings. The second-order valence-corrected chi connectivity index (χ2v) is 5.44. The summed E-state index contributed by atoms with van der Waals surface area (Å²) in [6.45, 7) is 2.13. The Bertz CT molecular complexity index is 912. The second-order valence-electron chi connectivity index (χ2n) is 5.44. The van der Waals surface area contributed by atoms with Gasteiger partial charge < -0.3 is 15.4 Å². The van der Waals surface area contributed by atoms with Crippen molar-refractivity contribution in [1.29, 1.82) is 0 Å². The van der Waals surface area contributed by atoms with Gasteiger partial charge >= 0.3 is 0 Å². The van der Waals surface area contributed by atoms with Gasteiger partial charge in [0.1, 0.15) is 11.2 Å².